The van der Waals surface area contributed by atoms with Crippen LogP contribution in [0.25, 0.3) is 10.7 Å². The van der Waals surface area contributed by atoms with E-state index in [-0.39, 0.29) is 5.41 Å². The van der Waals surface area contributed by atoms with Crippen molar-refractivity contribution in [3.63, 3.8) is 0 Å². The molecule has 2 nitrogen and oxygen atoms in total. The summed E-state index contributed by atoms with van der Waals surface area (Å²) >= 11 is 3.27. The van der Waals surface area contributed by atoms with E-state index in [0.717, 1.165) is 16.4 Å². The summed E-state index contributed by atoms with van der Waals surface area (Å²) in [6, 6.07) is 0. The van der Waals surface area contributed by atoms with E-state index in [2.05, 4.69) is 36.1 Å². The predicted molar refractivity (Wildman–Crippen MR) is 61.9 cm³/mol. The van der Waals surface area contributed by atoms with Gasteiger partial charge in [0.25, 0.3) is 0 Å². The van der Waals surface area contributed by atoms with Crippen molar-refractivity contribution in [3.05, 3.63) is 22.0 Å². The van der Waals surface area contributed by atoms with Gasteiger partial charge in [0, 0.05) is 16.2 Å². The van der Waals surface area contributed by atoms with Crippen LogP contribution < -0.4 is 0 Å². The molecule has 2 aromatic rings. The Balaban J connectivity index is 2.36. The molecule has 0 amide bonds. The van der Waals surface area contributed by atoms with Crippen LogP contribution in [0.4, 0.5) is 0 Å². The van der Waals surface area contributed by atoms with Crippen LogP contribution in [-0.2, 0) is 5.41 Å². The largest absolute Gasteiger partial charge is 0.242 e. The van der Waals surface area contributed by atoms with Crippen LogP contribution >= 0.6 is 22.7 Å². The quantitative estimate of drug-likeness (QED) is 0.740. The molecular weight excluding hydrogens is 212 g/mol. The highest BCUT2D eigenvalue weighted by atomic mass is 32.1. The average Bonchev–Trinajstić information content (AvgIpc) is 2.73. The first kappa shape index (κ1) is 9.80. The molecule has 0 aliphatic rings. The van der Waals surface area contributed by atoms with Gasteiger partial charge in [0.1, 0.15) is 10.7 Å². The summed E-state index contributed by atoms with van der Waals surface area (Å²) in [4.78, 5) is 8.83. The van der Waals surface area contributed by atoms with E-state index in [1.54, 1.807) is 22.7 Å². The summed E-state index contributed by atoms with van der Waals surface area (Å²) in [5.74, 6) is 0. The number of nitrogens with zero attached hydrogens (tertiary/aromatic N) is 2. The molecule has 2 rings (SSSR count). The standard InChI is InChI=1S/C10H12N2S2/c1-10(2,3)8-5-14-9(12-8)7-4-13-6-11-7/h4-6H,1-3H3. The van der Waals surface area contributed by atoms with E-state index < -0.39 is 0 Å². The molecule has 14 heavy (non-hydrogen) atoms. The molecule has 0 bridgehead atoms. The van der Waals surface area contributed by atoms with Crippen LogP contribution in [0.15, 0.2) is 16.3 Å². The molecule has 0 unspecified atom stereocenters. The van der Waals surface area contributed by atoms with Gasteiger partial charge < -0.3 is 0 Å². The van der Waals surface area contributed by atoms with E-state index in [9.17, 15) is 0 Å². The lowest BCUT2D eigenvalue weighted by atomic mass is 9.93. The van der Waals surface area contributed by atoms with Crippen LogP contribution in [0.5, 0.6) is 0 Å². The molecule has 0 saturated heterocycles. The highest BCUT2D eigenvalue weighted by Gasteiger charge is 2.18. The number of rotatable bonds is 1. The van der Waals surface area contributed by atoms with E-state index in [1.165, 1.54) is 0 Å². The molecule has 0 aromatic carbocycles. The SMILES string of the molecule is CC(C)(C)c1csc(-c2cscn2)n1. The van der Waals surface area contributed by atoms with Crippen molar-refractivity contribution in [2.24, 2.45) is 0 Å². The van der Waals surface area contributed by atoms with Gasteiger partial charge in [-0.2, -0.15) is 0 Å². The molecule has 0 spiro atoms. The summed E-state index contributed by atoms with van der Waals surface area (Å²) < 4.78 is 0. The van der Waals surface area contributed by atoms with Crippen molar-refractivity contribution in [2.45, 2.75) is 26.2 Å². The van der Waals surface area contributed by atoms with Gasteiger partial charge in [0.05, 0.1) is 11.2 Å². The monoisotopic (exact) mass is 224 g/mol. The van der Waals surface area contributed by atoms with Gasteiger partial charge in [-0.1, -0.05) is 20.8 Å². The van der Waals surface area contributed by atoms with Crippen molar-refractivity contribution in [3.8, 4) is 10.7 Å². The van der Waals surface area contributed by atoms with Crippen LogP contribution in [0.1, 0.15) is 26.5 Å². The number of hydrogen-bond donors (Lipinski definition) is 0. The maximum absolute atomic E-state index is 4.59. The average molecular weight is 224 g/mol. The van der Waals surface area contributed by atoms with Gasteiger partial charge in [0.2, 0.25) is 0 Å². The van der Waals surface area contributed by atoms with Gasteiger partial charge in [-0.05, 0) is 0 Å². The minimum absolute atomic E-state index is 0.130. The van der Waals surface area contributed by atoms with Gasteiger partial charge in [0.15, 0.2) is 0 Å². The Morgan fingerprint density at radius 1 is 1.21 bits per heavy atom. The van der Waals surface area contributed by atoms with Crippen molar-refractivity contribution in [2.75, 3.05) is 0 Å². The zero-order valence-electron chi connectivity index (χ0n) is 8.44. The Labute approximate surface area is 91.7 Å². The third-order valence-electron chi connectivity index (χ3n) is 1.92. The predicted octanol–water partition coefficient (Wildman–Crippen LogP) is 3.56. The lowest BCUT2D eigenvalue weighted by Gasteiger charge is -2.13. The summed E-state index contributed by atoms with van der Waals surface area (Å²) in [5, 5.41) is 5.18. The molecule has 0 radical (unpaired) electrons. The Morgan fingerprint density at radius 3 is 2.50 bits per heavy atom. The maximum Gasteiger partial charge on any atom is 0.143 e. The first-order valence-corrected chi connectivity index (χ1v) is 6.24. The Hall–Kier alpha value is -0.740. The maximum atomic E-state index is 4.59. The fourth-order valence-electron chi connectivity index (χ4n) is 1.05. The fraction of sp³-hybridized carbons (Fsp3) is 0.400. The molecular formula is C10H12N2S2. The molecule has 0 aliphatic carbocycles. The van der Waals surface area contributed by atoms with Crippen molar-refractivity contribution in [1.29, 1.82) is 0 Å². The smallest absolute Gasteiger partial charge is 0.143 e. The van der Waals surface area contributed by atoms with Gasteiger partial charge in [-0.3, -0.25) is 0 Å². The number of hydrogen-bond acceptors (Lipinski definition) is 4. The summed E-state index contributed by atoms with van der Waals surface area (Å²) in [6.07, 6.45) is 0. The lowest BCUT2D eigenvalue weighted by Crippen LogP contribution is -2.11. The molecule has 0 atom stereocenters. The van der Waals surface area contributed by atoms with Crippen LogP contribution in [0.3, 0.4) is 0 Å². The summed E-state index contributed by atoms with van der Waals surface area (Å²) in [6.45, 7) is 6.52. The second kappa shape index (κ2) is 3.44. The Bertz CT molecular complexity index is 410. The summed E-state index contributed by atoms with van der Waals surface area (Å²) in [7, 11) is 0. The van der Waals surface area contributed by atoms with E-state index in [4.69, 9.17) is 0 Å². The lowest BCUT2D eigenvalue weighted by molar-refractivity contribution is 0.573. The zero-order chi connectivity index (χ0) is 10.2. The van der Waals surface area contributed by atoms with E-state index >= 15 is 0 Å². The zero-order valence-corrected chi connectivity index (χ0v) is 10.1. The van der Waals surface area contributed by atoms with Gasteiger partial charge >= 0.3 is 0 Å². The molecule has 4 heteroatoms. The van der Waals surface area contributed by atoms with Crippen LogP contribution in [0.2, 0.25) is 0 Å². The minimum atomic E-state index is 0.130. The molecule has 0 saturated carbocycles. The Morgan fingerprint density at radius 2 is 2.00 bits per heavy atom. The molecule has 0 fully saturated rings. The van der Waals surface area contributed by atoms with Crippen molar-refractivity contribution < 1.29 is 0 Å². The third kappa shape index (κ3) is 1.86. The topological polar surface area (TPSA) is 25.8 Å². The van der Waals surface area contributed by atoms with Crippen LogP contribution in [0, 0.1) is 0 Å². The second-order valence-electron chi connectivity index (χ2n) is 4.16. The van der Waals surface area contributed by atoms with Gasteiger partial charge in [-0.15, -0.1) is 22.7 Å². The molecule has 0 aliphatic heterocycles. The highest BCUT2D eigenvalue weighted by Crippen LogP contribution is 2.29. The van der Waals surface area contributed by atoms with E-state index in [0.29, 0.717) is 0 Å². The van der Waals surface area contributed by atoms with Crippen molar-refractivity contribution >= 4 is 22.7 Å². The number of thiazole rings is 2. The molecule has 2 aromatic heterocycles. The van der Waals surface area contributed by atoms with Crippen molar-refractivity contribution in [1.82, 2.24) is 9.97 Å². The van der Waals surface area contributed by atoms with Gasteiger partial charge in [-0.25, -0.2) is 9.97 Å². The first-order chi connectivity index (χ1) is 6.57. The third-order valence-corrected chi connectivity index (χ3v) is 3.38. The molecule has 74 valence electrons. The second-order valence-corrected chi connectivity index (χ2v) is 5.74. The summed E-state index contributed by atoms with van der Waals surface area (Å²) in [5.41, 5.74) is 4.11. The highest BCUT2D eigenvalue weighted by molar-refractivity contribution is 7.13. The number of aromatic nitrogens is 2. The van der Waals surface area contributed by atoms with E-state index in [1.807, 2.05) is 10.9 Å². The van der Waals surface area contributed by atoms with Crippen LogP contribution in [-0.4, -0.2) is 9.97 Å². The Kier molecular flexibility index (Phi) is 2.41. The normalized spacial score (nSPS) is 11.9. The minimum Gasteiger partial charge on any atom is -0.242 e. The molecule has 0 N–H and O–H groups in total. The fourth-order valence-corrected chi connectivity index (χ4v) is 2.68. The first-order valence-electron chi connectivity index (χ1n) is 4.42. The molecule has 2 heterocycles.